The molecule has 34 heavy (non-hydrogen) atoms. The van der Waals surface area contributed by atoms with Gasteiger partial charge in [-0.3, -0.25) is 9.59 Å². The quantitative estimate of drug-likeness (QED) is 0.525. The number of amides is 1. The fourth-order valence-electron chi connectivity index (χ4n) is 4.34. The van der Waals surface area contributed by atoms with Crippen LogP contribution in [-0.2, 0) is 4.79 Å². The second kappa shape index (κ2) is 10.9. The van der Waals surface area contributed by atoms with Crippen molar-refractivity contribution in [1.29, 1.82) is 0 Å². The summed E-state index contributed by atoms with van der Waals surface area (Å²) < 4.78 is 5.26. The number of nitrogens with one attached hydrogen (secondary N) is 2. The lowest BCUT2D eigenvalue weighted by Crippen LogP contribution is -2.42. The van der Waals surface area contributed by atoms with Crippen molar-refractivity contribution in [2.75, 3.05) is 38.2 Å². The van der Waals surface area contributed by atoms with Crippen LogP contribution in [0.25, 0.3) is 11.1 Å². The third-order valence-electron chi connectivity index (χ3n) is 6.44. The molecule has 2 aliphatic rings. The van der Waals surface area contributed by atoms with E-state index in [9.17, 15) is 9.59 Å². The molecule has 2 N–H and O–H groups in total. The lowest BCUT2D eigenvalue weighted by molar-refractivity contribution is -0.125. The molecule has 0 radical (unpaired) electrons. The van der Waals surface area contributed by atoms with Gasteiger partial charge in [-0.1, -0.05) is 19.9 Å². The lowest BCUT2D eigenvalue weighted by Gasteiger charge is -2.31. The number of nitrogens with zero attached hydrogens (tertiary/aromatic N) is 3. The number of hydrogen-bond donors (Lipinski definition) is 2. The molecule has 1 saturated carbocycles. The number of carbonyl (C=O) groups is 1. The molecule has 4 rings (SSSR count). The largest absolute Gasteiger partial charge is 0.481 e. The first-order valence-electron chi connectivity index (χ1n) is 12.1. The fourth-order valence-corrected chi connectivity index (χ4v) is 4.34. The van der Waals surface area contributed by atoms with Crippen LogP contribution < -0.4 is 20.5 Å². The molecule has 1 aliphatic heterocycles. The van der Waals surface area contributed by atoms with Gasteiger partial charge in [-0.25, -0.2) is 4.98 Å². The summed E-state index contributed by atoms with van der Waals surface area (Å²) in [5.41, 5.74) is 2.40. The summed E-state index contributed by atoms with van der Waals surface area (Å²) in [5, 5.41) is 3.28. The molecule has 0 aromatic carbocycles. The predicted octanol–water partition coefficient (Wildman–Crippen LogP) is 2.82. The zero-order chi connectivity index (χ0) is 24.1. The van der Waals surface area contributed by atoms with Crippen LogP contribution in [0.15, 0.2) is 47.5 Å². The van der Waals surface area contributed by atoms with E-state index in [1.54, 1.807) is 25.6 Å². The van der Waals surface area contributed by atoms with E-state index in [0.717, 1.165) is 24.1 Å². The van der Waals surface area contributed by atoms with Gasteiger partial charge in [0.15, 0.2) is 0 Å². The topological polar surface area (TPSA) is 90.6 Å². The first-order chi connectivity index (χ1) is 16.4. The molecular formula is C26H35N5O3. The lowest BCUT2D eigenvalue weighted by atomic mass is 10.1. The first-order valence-corrected chi connectivity index (χ1v) is 12.1. The molecule has 0 bridgehead atoms. The summed E-state index contributed by atoms with van der Waals surface area (Å²) in [7, 11) is 1.59. The highest BCUT2D eigenvalue weighted by atomic mass is 16.5. The van der Waals surface area contributed by atoms with E-state index in [4.69, 9.17) is 4.74 Å². The minimum atomic E-state index is -0.102. The van der Waals surface area contributed by atoms with Crippen LogP contribution in [0, 0.1) is 5.92 Å². The predicted molar refractivity (Wildman–Crippen MR) is 134 cm³/mol. The van der Waals surface area contributed by atoms with Gasteiger partial charge < -0.3 is 24.8 Å². The van der Waals surface area contributed by atoms with E-state index in [1.807, 2.05) is 29.2 Å². The van der Waals surface area contributed by atoms with Gasteiger partial charge >= 0.3 is 0 Å². The maximum Gasteiger partial charge on any atom is 0.271 e. The highest BCUT2D eigenvalue weighted by Gasteiger charge is 2.34. The molecule has 0 unspecified atom stereocenters. The molecule has 8 heteroatoms. The van der Waals surface area contributed by atoms with Gasteiger partial charge in [-0.05, 0) is 42.9 Å². The molecule has 2 fully saturated rings. The summed E-state index contributed by atoms with van der Waals surface area (Å²) in [4.78, 5) is 36.9. The van der Waals surface area contributed by atoms with Crippen LogP contribution >= 0.6 is 0 Å². The molecule has 1 aliphatic carbocycles. The van der Waals surface area contributed by atoms with Crippen molar-refractivity contribution in [1.82, 2.24) is 20.2 Å². The van der Waals surface area contributed by atoms with Gasteiger partial charge in [0.2, 0.25) is 11.8 Å². The van der Waals surface area contributed by atoms with Gasteiger partial charge in [0, 0.05) is 68.4 Å². The molecule has 1 saturated heterocycles. The minimum absolute atomic E-state index is 0.0333. The maximum atomic E-state index is 12.9. The molecule has 1 atom stereocenters. The summed E-state index contributed by atoms with van der Waals surface area (Å²) in [6.45, 7) is 7.00. The number of pyridine rings is 2. The standard InChI is InChI=1S/C26H35N5O3/c1-18(2)27-10-4-5-25(32)30-12-9-22(17-30)31(16-19-6-7-19)23-13-21(15-29-26(23)33)20-8-11-28-24(14-20)34-3/h4-5,8,11,13-15,18-19,22,27H,6-7,9-10,12,16-17H2,1-3H3,(H,29,33)/t22-/m0/s1. The number of rotatable bonds is 10. The Morgan fingerprint density at radius 3 is 2.88 bits per heavy atom. The van der Waals surface area contributed by atoms with Gasteiger partial charge in [-0.2, -0.15) is 0 Å². The SMILES string of the molecule is COc1cc(-c2c[nH]c(=O)c(N(CC3CC3)[C@H]3CCN(C(=O)C=CCNC(C)C)C3)c2)ccn1. The maximum absolute atomic E-state index is 12.9. The summed E-state index contributed by atoms with van der Waals surface area (Å²) in [6, 6.07) is 6.22. The summed E-state index contributed by atoms with van der Waals surface area (Å²) in [5.74, 6) is 1.17. The van der Waals surface area contributed by atoms with E-state index >= 15 is 0 Å². The number of aromatic amines is 1. The Morgan fingerprint density at radius 2 is 2.15 bits per heavy atom. The molecule has 182 valence electrons. The summed E-state index contributed by atoms with van der Waals surface area (Å²) >= 11 is 0. The zero-order valence-corrected chi connectivity index (χ0v) is 20.3. The normalized spacial score (nSPS) is 18.1. The second-order valence-corrected chi connectivity index (χ2v) is 9.48. The Kier molecular flexibility index (Phi) is 7.67. The van der Waals surface area contributed by atoms with Crippen LogP contribution in [0.2, 0.25) is 0 Å². The number of aromatic nitrogens is 2. The number of anilines is 1. The van der Waals surface area contributed by atoms with Crippen LogP contribution in [0.3, 0.4) is 0 Å². The number of carbonyl (C=O) groups excluding carboxylic acids is 1. The van der Waals surface area contributed by atoms with E-state index < -0.39 is 0 Å². The van der Waals surface area contributed by atoms with Crippen LogP contribution in [0.1, 0.15) is 33.1 Å². The average Bonchev–Trinajstić information content (AvgIpc) is 3.53. The Bertz CT molecular complexity index is 1080. The number of hydrogen-bond acceptors (Lipinski definition) is 6. The van der Waals surface area contributed by atoms with Crippen LogP contribution in [0.5, 0.6) is 5.88 Å². The van der Waals surface area contributed by atoms with Gasteiger partial charge in [0.1, 0.15) is 5.69 Å². The van der Waals surface area contributed by atoms with E-state index in [0.29, 0.717) is 43.2 Å². The third-order valence-corrected chi connectivity index (χ3v) is 6.44. The van der Waals surface area contributed by atoms with Crippen molar-refractivity contribution >= 4 is 11.6 Å². The molecule has 1 amide bonds. The van der Waals surface area contributed by atoms with Gasteiger partial charge in [-0.15, -0.1) is 0 Å². The van der Waals surface area contributed by atoms with E-state index in [2.05, 4.69) is 34.0 Å². The Labute approximate surface area is 201 Å². The van der Waals surface area contributed by atoms with E-state index in [1.165, 1.54) is 12.8 Å². The van der Waals surface area contributed by atoms with Crippen molar-refractivity contribution < 1.29 is 9.53 Å². The van der Waals surface area contributed by atoms with Crippen LogP contribution in [0.4, 0.5) is 5.69 Å². The fraction of sp³-hybridized carbons (Fsp3) is 0.500. The molecule has 3 heterocycles. The third kappa shape index (κ3) is 6.05. The number of H-pyrrole nitrogens is 1. The monoisotopic (exact) mass is 465 g/mol. The van der Waals surface area contributed by atoms with Crippen molar-refractivity contribution in [2.45, 2.75) is 45.2 Å². The van der Waals surface area contributed by atoms with Gasteiger partial charge in [0.05, 0.1) is 7.11 Å². The smallest absolute Gasteiger partial charge is 0.271 e. The Hall–Kier alpha value is -3.13. The second-order valence-electron chi connectivity index (χ2n) is 9.48. The van der Waals surface area contributed by atoms with E-state index in [-0.39, 0.29) is 17.5 Å². The van der Waals surface area contributed by atoms with Crippen molar-refractivity contribution in [3.05, 3.63) is 53.1 Å². The minimum Gasteiger partial charge on any atom is -0.481 e. The molecule has 2 aromatic heterocycles. The highest BCUT2D eigenvalue weighted by molar-refractivity contribution is 5.88. The Morgan fingerprint density at radius 1 is 1.32 bits per heavy atom. The van der Waals surface area contributed by atoms with Crippen LogP contribution in [-0.4, -0.2) is 66.1 Å². The summed E-state index contributed by atoms with van der Waals surface area (Å²) in [6.07, 6.45) is 10.2. The number of methoxy groups -OCH3 is 1. The van der Waals surface area contributed by atoms with Crippen molar-refractivity contribution in [2.24, 2.45) is 5.92 Å². The van der Waals surface area contributed by atoms with Crippen molar-refractivity contribution in [3.8, 4) is 17.0 Å². The number of ether oxygens (including phenoxy) is 1. The number of likely N-dealkylation sites (tertiary alicyclic amines) is 1. The van der Waals surface area contributed by atoms with Gasteiger partial charge in [0.25, 0.3) is 5.56 Å². The average molecular weight is 466 g/mol. The zero-order valence-electron chi connectivity index (χ0n) is 20.3. The van der Waals surface area contributed by atoms with Crippen molar-refractivity contribution in [3.63, 3.8) is 0 Å². The molecular weight excluding hydrogens is 430 g/mol. The highest BCUT2D eigenvalue weighted by Crippen LogP contribution is 2.34. The Balaban J connectivity index is 1.52. The molecule has 2 aromatic rings. The molecule has 0 spiro atoms. The molecule has 8 nitrogen and oxygen atoms in total. The first kappa shape index (κ1) is 24.0.